The summed E-state index contributed by atoms with van der Waals surface area (Å²) in [5.41, 5.74) is 6.51. The highest BCUT2D eigenvalue weighted by atomic mass is 14.3. The van der Waals surface area contributed by atoms with E-state index in [4.69, 9.17) is 0 Å². The van der Waals surface area contributed by atoms with Crippen molar-refractivity contribution in [3.8, 4) is 0 Å². The molecule has 108 valence electrons. The smallest absolute Gasteiger partial charge is 0.00901 e. The summed E-state index contributed by atoms with van der Waals surface area (Å²) >= 11 is 0. The zero-order valence-electron chi connectivity index (χ0n) is 12.7. The van der Waals surface area contributed by atoms with E-state index in [2.05, 4.69) is 48.5 Å². The van der Waals surface area contributed by atoms with Gasteiger partial charge in [-0.05, 0) is 72.6 Å². The average Bonchev–Trinajstić information content (AvgIpc) is 2.77. The molecule has 0 heteroatoms. The van der Waals surface area contributed by atoms with E-state index in [1.165, 1.54) is 44.9 Å². The lowest BCUT2D eigenvalue weighted by atomic mass is 9.71. The molecule has 0 spiro atoms. The minimum absolute atomic E-state index is 0.741. The van der Waals surface area contributed by atoms with E-state index in [0.717, 1.165) is 11.8 Å². The van der Waals surface area contributed by atoms with E-state index in [-0.39, 0.29) is 0 Å². The molecule has 0 nitrogen and oxygen atoms in total. The summed E-state index contributed by atoms with van der Waals surface area (Å²) in [6.45, 7) is 0. The zero-order chi connectivity index (χ0) is 14.1. The summed E-state index contributed by atoms with van der Waals surface area (Å²) in [7, 11) is 0. The second kappa shape index (κ2) is 5.67. The standard InChI is InChI=1S/C21H24/c1-4-12-18-16(8-1)9-3-6-14-20(18)21-15-7-11-17-10-2-5-13-19(17)21/h1-2,4-5,8,10,12-13,20-21H,3,6-7,9,11,14-15H2. The number of hydrogen-bond acceptors (Lipinski definition) is 0. The first-order chi connectivity index (χ1) is 10.4. The van der Waals surface area contributed by atoms with Gasteiger partial charge in [-0.25, -0.2) is 0 Å². The molecule has 0 saturated carbocycles. The van der Waals surface area contributed by atoms with Gasteiger partial charge in [0.25, 0.3) is 0 Å². The highest BCUT2D eigenvalue weighted by molar-refractivity contribution is 5.39. The third kappa shape index (κ3) is 2.41. The largest absolute Gasteiger partial charge is 0.0620 e. The van der Waals surface area contributed by atoms with Crippen molar-refractivity contribution in [2.75, 3.05) is 0 Å². The van der Waals surface area contributed by atoms with Crippen molar-refractivity contribution in [3.05, 3.63) is 70.8 Å². The Morgan fingerprint density at radius 1 is 0.571 bits per heavy atom. The molecule has 0 aliphatic heterocycles. The molecule has 2 unspecified atom stereocenters. The van der Waals surface area contributed by atoms with Crippen LogP contribution in [0.25, 0.3) is 0 Å². The van der Waals surface area contributed by atoms with Crippen LogP contribution < -0.4 is 0 Å². The number of fused-ring (bicyclic) bond motifs is 2. The molecule has 2 aromatic carbocycles. The molecule has 0 N–H and O–H groups in total. The van der Waals surface area contributed by atoms with Crippen molar-refractivity contribution in [3.63, 3.8) is 0 Å². The lowest BCUT2D eigenvalue weighted by molar-refractivity contribution is 0.439. The Hall–Kier alpha value is -1.56. The molecule has 2 atom stereocenters. The topological polar surface area (TPSA) is 0 Å². The van der Waals surface area contributed by atoms with Gasteiger partial charge >= 0.3 is 0 Å². The fourth-order valence-corrected chi connectivity index (χ4v) is 4.59. The van der Waals surface area contributed by atoms with E-state index in [0.29, 0.717) is 0 Å². The summed E-state index contributed by atoms with van der Waals surface area (Å²) in [5.74, 6) is 1.49. The van der Waals surface area contributed by atoms with Crippen LogP contribution in [-0.4, -0.2) is 0 Å². The minimum atomic E-state index is 0.741. The number of aryl methyl sites for hydroxylation is 2. The molecule has 21 heavy (non-hydrogen) atoms. The van der Waals surface area contributed by atoms with Crippen molar-refractivity contribution in [1.82, 2.24) is 0 Å². The first-order valence-electron chi connectivity index (χ1n) is 8.59. The van der Waals surface area contributed by atoms with Crippen LogP contribution in [0, 0.1) is 0 Å². The van der Waals surface area contributed by atoms with E-state index < -0.39 is 0 Å². The van der Waals surface area contributed by atoms with Gasteiger partial charge in [-0.1, -0.05) is 55.0 Å². The van der Waals surface area contributed by atoms with Crippen LogP contribution in [0.5, 0.6) is 0 Å². The van der Waals surface area contributed by atoms with E-state index in [9.17, 15) is 0 Å². The summed E-state index contributed by atoms with van der Waals surface area (Å²) in [6, 6.07) is 18.4. The third-order valence-corrected chi connectivity index (χ3v) is 5.57. The molecule has 0 heterocycles. The molecule has 0 amide bonds. The number of hydrogen-bond donors (Lipinski definition) is 0. The van der Waals surface area contributed by atoms with Gasteiger partial charge in [-0.3, -0.25) is 0 Å². The number of rotatable bonds is 1. The van der Waals surface area contributed by atoms with Crippen LogP contribution in [0.2, 0.25) is 0 Å². The summed E-state index contributed by atoms with van der Waals surface area (Å²) in [4.78, 5) is 0. The van der Waals surface area contributed by atoms with Crippen LogP contribution in [0.3, 0.4) is 0 Å². The lowest BCUT2D eigenvalue weighted by Gasteiger charge is -2.33. The molecule has 0 saturated heterocycles. The fourth-order valence-electron chi connectivity index (χ4n) is 4.59. The van der Waals surface area contributed by atoms with Gasteiger partial charge in [0.15, 0.2) is 0 Å². The Kier molecular flexibility index (Phi) is 3.55. The van der Waals surface area contributed by atoms with Gasteiger partial charge in [0.1, 0.15) is 0 Å². The van der Waals surface area contributed by atoms with Crippen LogP contribution in [0.4, 0.5) is 0 Å². The molecule has 0 bridgehead atoms. The van der Waals surface area contributed by atoms with Gasteiger partial charge in [0, 0.05) is 0 Å². The Balaban J connectivity index is 1.77. The molecule has 0 fully saturated rings. The second-order valence-corrected chi connectivity index (χ2v) is 6.75. The second-order valence-electron chi connectivity index (χ2n) is 6.75. The lowest BCUT2D eigenvalue weighted by Crippen LogP contribution is -2.17. The molecular weight excluding hydrogens is 252 g/mol. The minimum Gasteiger partial charge on any atom is -0.0620 e. The SMILES string of the molecule is c1ccc2c(c1)CCCCC2C1CCCc2ccccc21. The first kappa shape index (κ1) is 13.1. The van der Waals surface area contributed by atoms with Crippen molar-refractivity contribution >= 4 is 0 Å². The van der Waals surface area contributed by atoms with Crippen molar-refractivity contribution in [1.29, 1.82) is 0 Å². The van der Waals surface area contributed by atoms with E-state index in [1.807, 2.05) is 0 Å². The third-order valence-electron chi connectivity index (χ3n) is 5.57. The first-order valence-corrected chi connectivity index (χ1v) is 8.59. The fraction of sp³-hybridized carbons (Fsp3) is 0.429. The molecule has 0 aromatic heterocycles. The van der Waals surface area contributed by atoms with E-state index in [1.54, 1.807) is 22.3 Å². The van der Waals surface area contributed by atoms with Crippen LogP contribution in [-0.2, 0) is 12.8 Å². The zero-order valence-corrected chi connectivity index (χ0v) is 12.7. The summed E-state index contributed by atoms with van der Waals surface area (Å²) < 4.78 is 0. The predicted octanol–water partition coefficient (Wildman–Crippen LogP) is 5.62. The Morgan fingerprint density at radius 2 is 1.10 bits per heavy atom. The highest BCUT2D eigenvalue weighted by Gasteiger charge is 2.30. The van der Waals surface area contributed by atoms with Gasteiger partial charge in [-0.15, -0.1) is 0 Å². The molecule has 2 aromatic rings. The molecule has 2 aliphatic rings. The Labute approximate surface area is 128 Å². The quantitative estimate of drug-likeness (QED) is 0.593. The van der Waals surface area contributed by atoms with Crippen molar-refractivity contribution in [2.45, 2.75) is 56.8 Å². The van der Waals surface area contributed by atoms with Crippen LogP contribution in [0.1, 0.15) is 66.2 Å². The average molecular weight is 276 g/mol. The van der Waals surface area contributed by atoms with Gasteiger partial charge in [-0.2, -0.15) is 0 Å². The Bertz CT molecular complexity index is 625. The summed E-state index contributed by atoms with van der Waals surface area (Å²) in [6.07, 6.45) is 9.41. The monoisotopic (exact) mass is 276 g/mol. The van der Waals surface area contributed by atoms with Crippen molar-refractivity contribution in [2.24, 2.45) is 0 Å². The van der Waals surface area contributed by atoms with Gasteiger partial charge < -0.3 is 0 Å². The van der Waals surface area contributed by atoms with Gasteiger partial charge in [0.05, 0.1) is 0 Å². The Morgan fingerprint density at radius 3 is 1.76 bits per heavy atom. The maximum atomic E-state index is 2.41. The predicted molar refractivity (Wildman–Crippen MR) is 88.9 cm³/mol. The number of benzene rings is 2. The maximum absolute atomic E-state index is 2.41. The summed E-state index contributed by atoms with van der Waals surface area (Å²) in [5, 5.41) is 0. The maximum Gasteiger partial charge on any atom is -0.00901 e. The van der Waals surface area contributed by atoms with Crippen LogP contribution in [0.15, 0.2) is 48.5 Å². The molecular formula is C21H24. The van der Waals surface area contributed by atoms with Crippen molar-refractivity contribution < 1.29 is 0 Å². The van der Waals surface area contributed by atoms with Gasteiger partial charge in [0.2, 0.25) is 0 Å². The molecule has 4 rings (SSSR count). The normalized spacial score (nSPS) is 24.8. The molecule has 0 radical (unpaired) electrons. The van der Waals surface area contributed by atoms with Crippen LogP contribution >= 0.6 is 0 Å². The van der Waals surface area contributed by atoms with E-state index >= 15 is 0 Å². The highest BCUT2D eigenvalue weighted by Crippen LogP contribution is 2.46. The molecule has 2 aliphatic carbocycles.